The molecule has 84 valence electrons. The van der Waals surface area contributed by atoms with Crippen molar-refractivity contribution in [2.24, 2.45) is 5.11 Å². The van der Waals surface area contributed by atoms with Gasteiger partial charge in [0.05, 0.1) is 13.2 Å². The molecule has 0 atom stereocenters. The van der Waals surface area contributed by atoms with Crippen molar-refractivity contribution in [3.05, 3.63) is 44.8 Å². The molecule has 16 heavy (non-hydrogen) atoms. The molecule has 6 heteroatoms. The highest BCUT2D eigenvalue weighted by Crippen LogP contribution is 2.19. The Morgan fingerprint density at radius 1 is 1.62 bits per heavy atom. The van der Waals surface area contributed by atoms with Crippen LogP contribution in [-0.4, -0.2) is 12.5 Å². The van der Waals surface area contributed by atoms with E-state index in [0.717, 1.165) is 5.56 Å². The SMILES string of the molecule is CCOC(=N)c1ccc(CN=[N+]=[N-])c(Cl)c1. The second-order valence-electron chi connectivity index (χ2n) is 2.96. The first-order chi connectivity index (χ1) is 7.69. The third kappa shape index (κ3) is 3.15. The maximum atomic E-state index is 8.19. The van der Waals surface area contributed by atoms with Gasteiger partial charge in [0.2, 0.25) is 5.90 Å². The summed E-state index contributed by atoms with van der Waals surface area (Å²) < 4.78 is 5.05. The highest BCUT2D eigenvalue weighted by molar-refractivity contribution is 6.31. The first-order valence-electron chi connectivity index (χ1n) is 4.70. The van der Waals surface area contributed by atoms with Gasteiger partial charge in [-0.15, -0.1) is 0 Å². The van der Waals surface area contributed by atoms with Gasteiger partial charge in [-0.05, 0) is 30.2 Å². The molecule has 0 radical (unpaired) electrons. The van der Waals surface area contributed by atoms with Crippen LogP contribution >= 0.6 is 11.6 Å². The smallest absolute Gasteiger partial charge is 0.213 e. The largest absolute Gasteiger partial charge is 0.478 e. The Morgan fingerprint density at radius 2 is 2.38 bits per heavy atom. The van der Waals surface area contributed by atoms with E-state index in [1.165, 1.54) is 0 Å². The number of benzene rings is 1. The zero-order valence-corrected chi connectivity index (χ0v) is 9.53. The van der Waals surface area contributed by atoms with Crippen molar-refractivity contribution in [3.8, 4) is 0 Å². The van der Waals surface area contributed by atoms with Crippen molar-refractivity contribution in [2.75, 3.05) is 6.61 Å². The summed E-state index contributed by atoms with van der Waals surface area (Å²) in [7, 11) is 0. The molecule has 1 N–H and O–H groups in total. The summed E-state index contributed by atoms with van der Waals surface area (Å²) in [5.74, 6) is 0.0831. The summed E-state index contributed by atoms with van der Waals surface area (Å²) in [6.07, 6.45) is 0. The van der Waals surface area contributed by atoms with E-state index in [2.05, 4.69) is 10.0 Å². The summed E-state index contributed by atoms with van der Waals surface area (Å²) >= 11 is 5.97. The minimum Gasteiger partial charge on any atom is -0.478 e. The highest BCUT2D eigenvalue weighted by Gasteiger charge is 2.05. The maximum absolute atomic E-state index is 8.19. The average Bonchev–Trinajstić information content (AvgIpc) is 2.27. The van der Waals surface area contributed by atoms with Gasteiger partial charge in [0.15, 0.2) is 0 Å². The van der Waals surface area contributed by atoms with Crippen molar-refractivity contribution in [1.82, 2.24) is 0 Å². The van der Waals surface area contributed by atoms with Crippen molar-refractivity contribution >= 4 is 17.5 Å². The monoisotopic (exact) mass is 238 g/mol. The van der Waals surface area contributed by atoms with Gasteiger partial charge in [-0.1, -0.05) is 22.8 Å². The fourth-order valence-corrected chi connectivity index (χ4v) is 1.39. The average molecular weight is 239 g/mol. The van der Waals surface area contributed by atoms with Gasteiger partial charge in [-0.25, -0.2) is 0 Å². The summed E-state index contributed by atoms with van der Waals surface area (Å²) in [6, 6.07) is 5.06. The second kappa shape index (κ2) is 6.00. The van der Waals surface area contributed by atoms with Gasteiger partial charge < -0.3 is 4.74 Å². The lowest BCUT2D eigenvalue weighted by Gasteiger charge is -2.07. The molecule has 0 aliphatic rings. The molecule has 0 spiro atoms. The number of nitrogens with one attached hydrogen (secondary N) is 1. The van der Waals surface area contributed by atoms with E-state index in [-0.39, 0.29) is 12.4 Å². The molecule has 0 unspecified atom stereocenters. The summed E-state index contributed by atoms with van der Waals surface area (Å²) in [6.45, 7) is 2.46. The van der Waals surface area contributed by atoms with Gasteiger partial charge in [0.1, 0.15) is 0 Å². The molecular weight excluding hydrogens is 228 g/mol. The molecular formula is C10H11ClN4O. The minimum absolute atomic E-state index is 0.0831. The van der Waals surface area contributed by atoms with Gasteiger partial charge in [0, 0.05) is 15.5 Å². The zero-order valence-electron chi connectivity index (χ0n) is 8.77. The Bertz CT molecular complexity index is 440. The minimum atomic E-state index is 0.0831. The van der Waals surface area contributed by atoms with Crippen LogP contribution in [-0.2, 0) is 11.3 Å². The molecule has 1 aromatic carbocycles. The Hall–Kier alpha value is -1.71. The van der Waals surface area contributed by atoms with Crippen LogP contribution in [0.5, 0.6) is 0 Å². The van der Waals surface area contributed by atoms with E-state index < -0.39 is 0 Å². The fraction of sp³-hybridized carbons (Fsp3) is 0.300. The van der Waals surface area contributed by atoms with Crippen molar-refractivity contribution in [2.45, 2.75) is 13.5 Å². The van der Waals surface area contributed by atoms with Crippen LogP contribution in [0.2, 0.25) is 5.02 Å². The molecule has 5 nitrogen and oxygen atoms in total. The highest BCUT2D eigenvalue weighted by atomic mass is 35.5. The molecule has 0 aliphatic heterocycles. The van der Waals surface area contributed by atoms with E-state index in [9.17, 15) is 0 Å². The van der Waals surface area contributed by atoms with Gasteiger partial charge >= 0.3 is 0 Å². The Labute approximate surface area is 98.1 Å². The zero-order chi connectivity index (χ0) is 12.0. The van der Waals surface area contributed by atoms with E-state index in [4.69, 9.17) is 27.3 Å². The van der Waals surface area contributed by atoms with Crippen LogP contribution in [0.3, 0.4) is 0 Å². The fourth-order valence-electron chi connectivity index (χ4n) is 1.15. The summed E-state index contributed by atoms with van der Waals surface area (Å²) in [5, 5.41) is 11.5. The molecule has 0 aliphatic carbocycles. The lowest BCUT2D eigenvalue weighted by atomic mass is 10.1. The third-order valence-corrected chi connectivity index (χ3v) is 2.26. The summed E-state index contributed by atoms with van der Waals surface area (Å²) in [5.41, 5.74) is 9.53. The topological polar surface area (TPSA) is 81.8 Å². The standard InChI is InChI=1S/C10H11ClN4O/c1-2-16-10(12)7-3-4-8(6-14-15-13)9(11)5-7/h3-5,12H,2,6H2,1H3. The molecule has 1 rings (SSSR count). The van der Waals surface area contributed by atoms with Crippen LogP contribution in [0.15, 0.2) is 23.3 Å². The quantitative estimate of drug-likeness (QED) is 0.281. The normalized spacial score (nSPS) is 9.38. The van der Waals surface area contributed by atoms with Crippen LogP contribution in [0.4, 0.5) is 0 Å². The predicted octanol–water partition coefficient (Wildman–Crippen LogP) is 3.51. The Kier molecular flexibility index (Phi) is 4.64. The first-order valence-corrected chi connectivity index (χ1v) is 5.07. The molecule has 0 saturated carbocycles. The van der Waals surface area contributed by atoms with Crippen LogP contribution in [0.25, 0.3) is 10.4 Å². The third-order valence-electron chi connectivity index (χ3n) is 1.91. The molecule has 0 saturated heterocycles. The number of nitrogens with zero attached hydrogens (tertiary/aromatic N) is 3. The summed E-state index contributed by atoms with van der Waals surface area (Å²) in [4.78, 5) is 2.66. The number of azide groups is 1. The predicted molar refractivity (Wildman–Crippen MR) is 62.8 cm³/mol. The first kappa shape index (κ1) is 12.4. The molecule has 0 amide bonds. The van der Waals surface area contributed by atoms with Crippen molar-refractivity contribution in [1.29, 1.82) is 5.41 Å². The van der Waals surface area contributed by atoms with Gasteiger partial charge in [0.25, 0.3) is 0 Å². The Morgan fingerprint density at radius 3 is 2.94 bits per heavy atom. The van der Waals surface area contributed by atoms with Gasteiger partial charge in [-0.3, -0.25) is 5.41 Å². The van der Waals surface area contributed by atoms with Crippen LogP contribution in [0.1, 0.15) is 18.1 Å². The van der Waals surface area contributed by atoms with E-state index >= 15 is 0 Å². The molecule has 1 aromatic rings. The molecule has 0 heterocycles. The van der Waals surface area contributed by atoms with Crippen LogP contribution < -0.4 is 0 Å². The van der Waals surface area contributed by atoms with Gasteiger partial charge in [-0.2, -0.15) is 0 Å². The number of halogens is 1. The Balaban J connectivity index is 2.90. The molecule has 0 bridgehead atoms. The van der Waals surface area contributed by atoms with E-state index in [1.54, 1.807) is 18.2 Å². The lowest BCUT2D eigenvalue weighted by molar-refractivity contribution is 0.325. The van der Waals surface area contributed by atoms with E-state index in [1.807, 2.05) is 6.92 Å². The molecule has 0 fully saturated rings. The number of rotatable bonds is 4. The number of ether oxygens (including phenoxy) is 1. The second-order valence-corrected chi connectivity index (χ2v) is 3.36. The number of hydrogen-bond acceptors (Lipinski definition) is 3. The van der Waals surface area contributed by atoms with Crippen molar-refractivity contribution in [3.63, 3.8) is 0 Å². The maximum Gasteiger partial charge on any atom is 0.213 e. The molecule has 0 aromatic heterocycles. The number of hydrogen-bond donors (Lipinski definition) is 1. The van der Waals surface area contributed by atoms with Crippen molar-refractivity contribution < 1.29 is 4.74 Å². The van der Waals surface area contributed by atoms with Crippen LogP contribution in [0, 0.1) is 5.41 Å². The lowest BCUT2D eigenvalue weighted by Crippen LogP contribution is -2.04. The van der Waals surface area contributed by atoms with E-state index in [0.29, 0.717) is 17.2 Å².